The maximum absolute atomic E-state index is 9.89. The lowest BCUT2D eigenvalue weighted by atomic mass is 9.96. The zero-order valence-corrected chi connectivity index (χ0v) is 17.5. The van der Waals surface area contributed by atoms with Crippen LogP contribution < -0.4 is 0 Å². The van der Waals surface area contributed by atoms with Crippen LogP contribution in [0.3, 0.4) is 0 Å². The molecule has 0 aromatic carbocycles. The Hall–Kier alpha value is -0.500. The molecule has 0 radical (unpaired) electrons. The summed E-state index contributed by atoms with van der Waals surface area (Å²) in [5.41, 5.74) is 1.41. The molecule has 6 heteroatoms. The van der Waals surface area contributed by atoms with Crippen molar-refractivity contribution in [1.82, 2.24) is 19.6 Å². The van der Waals surface area contributed by atoms with Crippen molar-refractivity contribution in [1.29, 1.82) is 0 Å². The molecule has 0 saturated carbocycles. The number of hydrogen-bond acceptors (Lipinski definition) is 6. The summed E-state index contributed by atoms with van der Waals surface area (Å²) < 4.78 is 0. The lowest BCUT2D eigenvalue weighted by Gasteiger charge is -2.26. The molecule has 0 spiro atoms. The number of thiophene rings is 1. The van der Waals surface area contributed by atoms with Gasteiger partial charge in [-0.15, -0.1) is 11.3 Å². The number of nitrogens with zero attached hydrogens (tertiary/aromatic N) is 4. The molecule has 1 N–H and O–H groups in total. The Morgan fingerprint density at radius 2 is 1.92 bits per heavy atom. The molecule has 2 fully saturated rings. The van der Waals surface area contributed by atoms with Gasteiger partial charge >= 0.3 is 0 Å². The Labute approximate surface area is 163 Å². The Balaban J connectivity index is 1.52. The van der Waals surface area contributed by atoms with E-state index >= 15 is 0 Å². The Morgan fingerprint density at radius 3 is 2.69 bits per heavy atom. The second-order valence-corrected chi connectivity index (χ2v) is 9.51. The SMILES string of the molecule is CN(C)Cc1csc(CN2C[C@@H](CN3CCCN(C)CC3)[C@@H](CO)C2)c1. The van der Waals surface area contributed by atoms with Crippen LogP contribution in [-0.4, -0.2) is 98.3 Å². The summed E-state index contributed by atoms with van der Waals surface area (Å²) in [4.78, 5) is 11.3. The van der Waals surface area contributed by atoms with Gasteiger partial charge in [0.1, 0.15) is 0 Å². The van der Waals surface area contributed by atoms with Gasteiger partial charge < -0.3 is 19.8 Å². The summed E-state index contributed by atoms with van der Waals surface area (Å²) in [5.74, 6) is 1.03. The third-order valence-corrected chi connectivity index (χ3v) is 6.75. The van der Waals surface area contributed by atoms with Crippen molar-refractivity contribution in [3.8, 4) is 0 Å². The summed E-state index contributed by atoms with van der Waals surface area (Å²) >= 11 is 1.88. The molecule has 5 nitrogen and oxygen atoms in total. The first-order valence-electron chi connectivity index (χ1n) is 9.98. The zero-order valence-electron chi connectivity index (χ0n) is 16.7. The van der Waals surface area contributed by atoms with E-state index in [1.165, 1.54) is 43.0 Å². The highest BCUT2D eigenvalue weighted by molar-refractivity contribution is 7.10. The van der Waals surface area contributed by atoms with E-state index in [-0.39, 0.29) is 0 Å². The Kier molecular flexibility index (Phi) is 7.49. The Morgan fingerprint density at radius 1 is 1.12 bits per heavy atom. The monoisotopic (exact) mass is 380 g/mol. The van der Waals surface area contributed by atoms with E-state index in [9.17, 15) is 5.11 Å². The van der Waals surface area contributed by atoms with Gasteiger partial charge in [0.15, 0.2) is 0 Å². The fourth-order valence-corrected chi connectivity index (χ4v) is 5.29. The van der Waals surface area contributed by atoms with E-state index in [2.05, 4.69) is 52.2 Å². The summed E-state index contributed by atoms with van der Waals surface area (Å²) in [6, 6.07) is 2.36. The van der Waals surface area contributed by atoms with Gasteiger partial charge in [0.25, 0.3) is 0 Å². The molecule has 3 rings (SSSR count). The quantitative estimate of drug-likeness (QED) is 0.775. The van der Waals surface area contributed by atoms with Crippen LogP contribution in [-0.2, 0) is 13.1 Å². The average molecular weight is 381 g/mol. The van der Waals surface area contributed by atoms with E-state index in [1.807, 2.05) is 11.3 Å². The van der Waals surface area contributed by atoms with E-state index in [1.54, 1.807) is 0 Å². The van der Waals surface area contributed by atoms with Crippen LogP contribution in [0.2, 0.25) is 0 Å². The largest absolute Gasteiger partial charge is 0.396 e. The van der Waals surface area contributed by atoms with Gasteiger partial charge in [-0.25, -0.2) is 0 Å². The molecule has 148 valence electrons. The van der Waals surface area contributed by atoms with Crippen molar-refractivity contribution in [3.05, 3.63) is 21.9 Å². The first-order valence-corrected chi connectivity index (χ1v) is 10.9. The van der Waals surface area contributed by atoms with Gasteiger partial charge in [0.05, 0.1) is 0 Å². The minimum atomic E-state index is 0.325. The number of hydrogen-bond donors (Lipinski definition) is 1. The van der Waals surface area contributed by atoms with Crippen molar-refractivity contribution in [3.63, 3.8) is 0 Å². The van der Waals surface area contributed by atoms with Crippen molar-refractivity contribution in [2.75, 3.05) is 73.6 Å². The highest BCUT2D eigenvalue weighted by Gasteiger charge is 2.33. The zero-order chi connectivity index (χ0) is 18.5. The molecule has 0 aliphatic carbocycles. The van der Waals surface area contributed by atoms with Gasteiger partial charge in [-0.3, -0.25) is 4.90 Å². The molecule has 1 aromatic rings. The second kappa shape index (κ2) is 9.62. The third-order valence-electron chi connectivity index (χ3n) is 5.78. The van der Waals surface area contributed by atoms with Crippen LogP contribution in [0.5, 0.6) is 0 Å². The predicted molar refractivity (Wildman–Crippen MR) is 110 cm³/mol. The van der Waals surface area contributed by atoms with Crippen LogP contribution in [0.1, 0.15) is 16.9 Å². The number of likely N-dealkylation sites (tertiary alicyclic amines) is 1. The molecule has 2 aliphatic heterocycles. The van der Waals surface area contributed by atoms with Crippen molar-refractivity contribution < 1.29 is 5.11 Å². The van der Waals surface area contributed by atoms with E-state index in [4.69, 9.17) is 0 Å². The first-order chi connectivity index (χ1) is 12.5. The van der Waals surface area contributed by atoms with E-state index < -0.39 is 0 Å². The standard InChI is InChI=1S/C20H36N4OS/c1-21(2)10-17-9-20(26-16-17)14-24-12-18(19(13-24)15-25)11-23-6-4-5-22(3)7-8-23/h9,16,18-19,25H,4-8,10-15H2,1-3H3/t18-,19-/m1/s1. The van der Waals surface area contributed by atoms with Crippen LogP contribution in [0.4, 0.5) is 0 Å². The van der Waals surface area contributed by atoms with Gasteiger partial charge in [-0.2, -0.15) is 0 Å². The van der Waals surface area contributed by atoms with Gasteiger partial charge in [0.2, 0.25) is 0 Å². The molecule has 0 bridgehead atoms. The molecule has 0 unspecified atom stereocenters. The molecule has 1 aromatic heterocycles. The molecular formula is C20H36N4OS. The van der Waals surface area contributed by atoms with Gasteiger partial charge in [0, 0.05) is 57.3 Å². The van der Waals surface area contributed by atoms with Crippen LogP contribution in [0, 0.1) is 11.8 Å². The number of aliphatic hydroxyl groups excluding tert-OH is 1. The molecule has 2 saturated heterocycles. The van der Waals surface area contributed by atoms with Gasteiger partial charge in [-0.05, 0) is 69.5 Å². The molecular weight excluding hydrogens is 344 g/mol. The minimum Gasteiger partial charge on any atom is -0.396 e. The van der Waals surface area contributed by atoms with Crippen molar-refractivity contribution in [2.24, 2.45) is 11.8 Å². The van der Waals surface area contributed by atoms with E-state index in [0.29, 0.717) is 18.4 Å². The molecule has 3 heterocycles. The van der Waals surface area contributed by atoms with Crippen LogP contribution in [0.15, 0.2) is 11.4 Å². The van der Waals surface area contributed by atoms with Crippen LogP contribution in [0.25, 0.3) is 0 Å². The third kappa shape index (κ3) is 5.75. The van der Waals surface area contributed by atoms with Crippen molar-refractivity contribution >= 4 is 11.3 Å². The fraction of sp³-hybridized carbons (Fsp3) is 0.800. The number of rotatable bonds is 7. The highest BCUT2D eigenvalue weighted by atomic mass is 32.1. The number of aliphatic hydroxyl groups is 1. The van der Waals surface area contributed by atoms with Crippen LogP contribution >= 0.6 is 11.3 Å². The number of likely N-dealkylation sites (N-methyl/N-ethyl adjacent to an activating group) is 1. The molecule has 2 aliphatic rings. The first kappa shape index (κ1) is 20.2. The van der Waals surface area contributed by atoms with Gasteiger partial charge in [-0.1, -0.05) is 0 Å². The summed E-state index contributed by atoms with van der Waals surface area (Å²) in [6.07, 6.45) is 1.26. The average Bonchev–Trinajstić information content (AvgIpc) is 3.12. The topological polar surface area (TPSA) is 33.2 Å². The summed E-state index contributed by atoms with van der Waals surface area (Å²) in [6.45, 7) is 10.4. The predicted octanol–water partition coefficient (Wildman–Crippen LogP) is 1.49. The normalized spacial score (nSPS) is 26.7. The summed E-state index contributed by atoms with van der Waals surface area (Å²) in [5, 5.41) is 12.2. The molecule has 0 amide bonds. The van der Waals surface area contributed by atoms with E-state index in [0.717, 1.165) is 32.7 Å². The fourth-order valence-electron chi connectivity index (χ4n) is 4.37. The highest BCUT2D eigenvalue weighted by Crippen LogP contribution is 2.27. The maximum Gasteiger partial charge on any atom is 0.0475 e. The van der Waals surface area contributed by atoms with Crippen molar-refractivity contribution in [2.45, 2.75) is 19.5 Å². The lowest BCUT2D eigenvalue weighted by Crippen LogP contribution is -2.36. The minimum absolute atomic E-state index is 0.325. The smallest absolute Gasteiger partial charge is 0.0475 e. The Bertz CT molecular complexity index is 550. The lowest BCUT2D eigenvalue weighted by molar-refractivity contribution is 0.165. The molecule has 26 heavy (non-hydrogen) atoms. The maximum atomic E-state index is 9.89. The molecule has 2 atom stereocenters. The second-order valence-electron chi connectivity index (χ2n) is 8.51. The summed E-state index contributed by atoms with van der Waals surface area (Å²) in [7, 11) is 6.46.